The molecule has 3 aromatic rings. The number of rotatable bonds is 6. The molecule has 0 radical (unpaired) electrons. The molecular formula is C22H21BrN6O4. The summed E-state index contributed by atoms with van der Waals surface area (Å²) in [7, 11) is 0. The Morgan fingerprint density at radius 1 is 1.06 bits per heavy atom. The maximum Gasteiger partial charge on any atom is 0.353 e. The number of fused-ring (bicyclic) bond motifs is 1. The number of nitrogens with one attached hydrogen (secondary N) is 1. The SMILES string of the molecule is O=[N+]([O-])c1c(Nc2ccccc2Br)ncnc1N1CCN(Cc2ccc3c(c2)OCO3)CC1. The van der Waals surface area contributed by atoms with Gasteiger partial charge in [-0.25, -0.2) is 9.97 Å². The Bertz CT molecular complexity index is 1190. The zero-order valence-electron chi connectivity index (χ0n) is 17.6. The van der Waals surface area contributed by atoms with Gasteiger partial charge in [-0.15, -0.1) is 0 Å². The molecule has 33 heavy (non-hydrogen) atoms. The molecule has 11 heteroatoms. The van der Waals surface area contributed by atoms with Crippen LogP contribution in [0.5, 0.6) is 11.5 Å². The van der Waals surface area contributed by atoms with E-state index in [1.807, 2.05) is 47.4 Å². The molecule has 1 N–H and O–H groups in total. The highest BCUT2D eigenvalue weighted by atomic mass is 79.9. The lowest BCUT2D eigenvalue weighted by molar-refractivity contribution is -0.383. The molecule has 3 heterocycles. The predicted molar refractivity (Wildman–Crippen MR) is 126 cm³/mol. The van der Waals surface area contributed by atoms with E-state index >= 15 is 0 Å². The van der Waals surface area contributed by atoms with E-state index in [1.54, 1.807) is 0 Å². The van der Waals surface area contributed by atoms with Gasteiger partial charge in [0.25, 0.3) is 0 Å². The van der Waals surface area contributed by atoms with Crippen molar-refractivity contribution in [1.29, 1.82) is 0 Å². The maximum atomic E-state index is 12.0. The van der Waals surface area contributed by atoms with Crippen molar-refractivity contribution in [3.8, 4) is 11.5 Å². The summed E-state index contributed by atoms with van der Waals surface area (Å²) in [5.41, 5.74) is 1.71. The summed E-state index contributed by atoms with van der Waals surface area (Å²) < 4.78 is 11.6. The molecule has 5 rings (SSSR count). The summed E-state index contributed by atoms with van der Waals surface area (Å²) in [6, 6.07) is 13.4. The van der Waals surface area contributed by atoms with Crippen molar-refractivity contribution < 1.29 is 14.4 Å². The number of para-hydroxylation sites is 1. The van der Waals surface area contributed by atoms with Crippen molar-refractivity contribution in [2.45, 2.75) is 6.54 Å². The molecule has 1 aromatic heterocycles. The molecule has 1 saturated heterocycles. The predicted octanol–water partition coefficient (Wildman–Crippen LogP) is 3.94. The number of hydrogen-bond acceptors (Lipinski definition) is 9. The van der Waals surface area contributed by atoms with Crippen LogP contribution in [0.25, 0.3) is 0 Å². The van der Waals surface area contributed by atoms with E-state index in [4.69, 9.17) is 9.47 Å². The van der Waals surface area contributed by atoms with E-state index in [0.717, 1.165) is 41.2 Å². The first-order chi connectivity index (χ1) is 16.1. The van der Waals surface area contributed by atoms with Gasteiger partial charge in [0.05, 0.1) is 10.6 Å². The Morgan fingerprint density at radius 2 is 1.85 bits per heavy atom. The molecule has 0 bridgehead atoms. The van der Waals surface area contributed by atoms with Crippen molar-refractivity contribution in [2.24, 2.45) is 0 Å². The van der Waals surface area contributed by atoms with Crippen molar-refractivity contribution in [1.82, 2.24) is 14.9 Å². The second kappa shape index (κ2) is 9.20. The highest BCUT2D eigenvalue weighted by molar-refractivity contribution is 9.10. The summed E-state index contributed by atoms with van der Waals surface area (Å²) in [5, 5.41) is 15.0. The number of aromatic nitrogens is 2. The molecule has 2 aromatic carbocycles. The summed E-state index contributed by atoms with van der Waals surface area (Å²) in [6.45, 7) is 3.78. The minimum Gasteiger partial charge on any atom is -0.454 e. The number of ether oxygens (including phenoxy) is 2. The smallest absolute Gasteiger partial charge is 0.353 e. The lowest BCUT2D eigenvalue weighted by Gasteiger charge is -2.35. The molecule has 0 saturated carbocycles. The summed E-state index contributed by atoms with van der Waals surface area (Å²) >= 11 is 3.45. The van der Waals surface area contributed by atoms with Crippen LogP contribution in [-0.4, -0.2) is 52.8 Å². The average molecular weight is 513 g/mol. The number of piperazine rings is 1. The average Bonchev–Trinajstić information content (AvgIpc) is 3.29. The molecule has 0 spiro atoms. The highest BCUT2D eigenvalue weighted by Crippen LogP contribution is 2.36. The maximum absolute atomic E-state index is 12.0. The molecular weight excluding hydrogens is 492 g/mol. The third kappa shape index (κ3) is 4.55. The monoisotopic (exact) mass is 512 g/mol. The van der Waals surface area contributed by atoms with Crippen molar-refractivity contribution in [2.75, 3.05) is 43.2 Å². The summed E-state index contributed by atoms with van der Waals surface area (Å²) in [5.74, 6) is 2.03. The van der Waals surface area contributed by atoms with Crippen LogP contribution >= 0.6 is 15.9 Å². The quantitative estimate of drug-likeness (QED) is 0.388. The third-order valence-electron chi connectivity index (χ3n) is 5.63. The van der Waals surface area contributed by atoms with E-state index in [0.29, 0.717) is 24.6 Å². The van der Waals surface area contributed by atoms with E-state index < -0.39 is 4.92 Å². The van der Waals surface area contributed by atoms with Gasteiger partial charge in [-0.05, 0) is 45.8 Å². The Labute approximate surface area is 198 Å². The molecule has 0 atom stereocenters. The molecule has 0 amide bonds. The van der Waals surface area contributed by atoms with Crippen LogP contribution < -0.4 is 19.7 Å². The van der Waals surface area contributed by atoms with Gasteiger partial charge < -0.3 is 19.7 Å². The van der Waals surface area contributed by atoms with Crippen LogP contribution in [0, 0.1) is 10.1 Å². The fraction of sp³-hybridized carbons (Fsp3) is 0.273. The van der Waals surface area contributed by atoms with Gasteiger partial charge in [-0.1, -0.05) is 18.2 Å². The standard InChI is InChI=1S/C22H21BrN6O4/c23-16-3-1-2-4-17(16)26-21-20(29(30)31)22(25-13-24-21)28-9-7-27(8-10-28)12-15-5-6-18-19(11-15)33-14-32-18/h1-6,11,13H,7-10,12,14H2,(H,24,25,26). The highest BCUT2D eigenvalue weighted by Gasteiger charge is 2.29. The first-order valence-corrected chi connectivity index (χ1v) is 11.2. The second-order valence-electron chi connectivity index (χ2n) is 7.71. The van der Waals surface area contributed by atoms with Gasteiger partial charge in [-0.3, -0.25) is 15.0 Å². The van der Waals surface area contributed by atoms with Crippen LogP contribution in [0.3, 0.4) is 0 Å². The van der Waals surface area contributed by atoms with Gasteiger partial charge in [0.1, 0.15) is 6.33 Å². The van der Waals surface area contributed by atoms with Crippen molar-refractivity contribution in [3.63, 3.8) is 0 Å². The van der Waals surface area contributed by atoms with Gasteiger partial charge in [0.15, 0.2) is 11.5 Å². The van der Waals surface area contributed by atoms with E-state index in [2.05, 4.69) is 36.1 Å². The molecule has 2 aliphatic rings. The minimum absolute atomic E-state index is 0.127. The number of nitro groups is 1. The summed E-state index contributed by atoms with van der Waals surface area (Å²) in [4.78, 5) is 24.2. The Hall–Kier alpha value is -3.44. The number of benzene rings is 2. The van der Waals surface area contributed by atoms with E-state index in [9.17, 15) is 10.1 Å². The summed E-state index contributed by atoms with van der Waals surface area (Å²) in [6.07, 6.45) is 1.36. The van der Waals surface area contributed by atoms with Gasteiger partial charge >= 0.3 is 5.69 Å². The van der Waals surface area contributed by atoms with Crippen LogP contribution in [0.2, 0.25) is 0 Å². The second-order valence-corrected chi connectivity index (χ2v) is 8.56. The normalized spacial score (nSPS) is 15.5. The topological polar surface area (TPSA) is 106 Å². The lowest BCUT2D eigenvalue weighted by Crippen LogP contribution is -2.46. The molecule has 0 unspecified atom stereocenters. The van der Waals surface area contributed by atoms with Crippen molar-refractivity contribution in [3.05, 3.63) is 68.9 Å². The molecule has 1 fully saturated rings. The fourth-order valence-corrected chi connectivity index (χ4v) is 4.35. The number of hydrogen-bond donors (Lipinski definition) is 1. The van der Waals surface area contributed by atoms with Crippen LogP contribution in [0.4, 0.5) is 23.0 Å². The zero-order valence-corrected chi connectivity index (χ0v) is 19.2. The van der Waals surface area contributed by atoms with Gasteiger partial charge in [0, 0.05) is 37.2 Å². The first kappa shape index (κ1) is 21.4. The van der Waals surface area contributed by atoms with Gasteiger partial charge in [-0.2, -0.15) is 0 Å². The van der Waals surface area contributed by atoms with Crippen LogP contribution in [-0.2, 0) is 6.54 Å². The molecule has 0 aliphatic carbocycles. The molecule has 170 valence electrons. The minimum atomic E-state index is -0.423. The van der Waals surface area contributed by atoms with Crippen LogP contribution in [0.15, 0.2) is 53.3 Å². The van der Waals surface area contributed by atoms with Crippen LogP contribution in [0.1, 0.15) is 5.56 Å². The lowest BCUT2D eigenvalue weighted by atomic mass is 10.1. The molecule has 10 nitrogen and oxygen atoms in total. The number of nitrogens with zero attached hydrogens (tertiary/aromatic N) is 5. The van der Waals surface area contributed by atoms with Crippen molar-refractivity contribution >= 4 is 38.9 Å². The largest absolute Gasteiger partial charge is 0.454 e. The van der Waals surface area contributed by atoms with E-state index in [-0.39, 0.29) is 18.3 Å². The van der Waals surface area contributed by atoms with E-state index in [1.165, 1.54) is 6.33 Å². The zero-order chi connectivity index (χ0) is 22.8. The first-order valence-electron chi connectivity index (χ1n) is 10.5. The Balaban J connectivity index is 1.30. The number of anilines is 3. The Morgan fingerprint density at radius 3 is 2.64 bits per heavy atom. The van der Waals surface area contributed by atoms with Gasteiger partial charge in [0.2, 0.25) is 18.4 Å². The molecule has 2 aliphatic heterocycles. The fourth-order valence-electron chi connectivity index (χ4n) is 3.97. The Kier molecular flexibility index (Phi) is 5.97. The third-order valence-corrected chi connectivity index (χ3v) is 6.32. The number of halogens is 1.